The maximum absolute atomic E-state index is 12.3. The van der Waals surface area contributed by atoms with Crippen molar-refractivity contribution in [1.29, 1.82) is 0 Å². The van der Waals surface area contributed by atoms with Gasteiger partial charge in [0.25, 0.3) is 0 Å². The van der Waals surface area contributed by atoms with Crippen molar-refractivity contribution in [2.45, 2.75) is 33.3 Å². The highest BCUT2D eigenvalue weighted by molar-refractivity contribution is 6.30. The number of ketones is 1. The first kappa shape index (κ1) is 17.7. The molecule has 0 saturated carbocycles. The van der Waals surface area contributed by atoms with E-state index in [0.29, 0.717) is 24.0 Å². The molecule has 122 valence electrons. The highest BCUT2D eigenvalue weighted by Gasteiger charge is 2.12. The topological polar surface area (TPSA) is 26.3 Å². The molecule has 3 heteroatoms. The molecule has 0 amide bonds. The molecular formula is C20H23ClO2. The van der Waals surface area contributed by atoms with Gasteiger partial charge >= 0.3 is 0 Å². The Morgan fingerprint density at radius 1 is 1.13 bits per heavy atom. The number of rotatable bonds is 7. The molecular weight excluding hydrogens is 308 g/mol. The minimum atomic E-state index is 0.193. The molecule has 0 saturated heterocycles. The van der Waals surface area contributed by atoms with Crippen LogP contribution in [0.5, 0.6) is 0 Å². The zero-order valence-corrected chi connectivity index (χ0v) is 14.7. The second kappa shape index (κ2) is 8.28. The van der Waals surface area contributed by atoms with Crippen molar-refractivity contribution in [3.05, 3.63) is 58.6 Å². The number of carbonyl (C=O) groups is 1. The van der Waals surface area contributed by atoms with Gasteiger partial charge in [0.05, 0.1) is 6.61 Å². The summed E-state index contributed by atoms with van der Waals surface area (Å²) in [4.78, 5) is 12.3. The third-order valence-electron chi connectivity index (χ3n) is 3.83. The molecule has 0 N–H and O–H groups in total. The summed E-state index contributed by atoms with van der Waals surface area (Å²) in [5.41, 5.74) is 3.92. The zero-order valence-electron chi connectivity index (χ0n) is 13.9. The van der Waals surface area contributed by atoms with Crippen molar-refractivity contribution < 1.29 is 9.53 Å². The summed E-state index contributed by atoms with van der Waals surface area (Å²) >= 11 is 5.96. The summed E-state index contributed by atoms with van der Waals surface area (Å²) in [6.45, 7) is 4.74. The molecule has 0 spiro atoms. The van der Waals surface area contributed by atoms with Gasteiger partial charge in [-0.3, -0.25) is 4.79 Å². The monoisotopic (exact) mass is 330 g/mol. The maximum Gasteiger partial charge on any atom is 0.162 e. The predicted molar refractivity (Wildman–Crippen MR) is 96.0 cm³/mol. The molecule has 2 aromatic rings. The molecule has 0 bridgehead atoms. The van der Waals surface area contributed by atoms with Crippen LogP contribution in [0.25, 0.3) is 11.1 Å². The third kappa shape index (κ3) is 4.92. The van der Waals surface area contributed by atoms with Crippen molar-refractivity contribution in [3.63, 3.8) is 0 Å². The first-order valence-electron chi connectivity index (χ1n) is 7.92. The summed E-state index contributed by atoms with van der Waals surface area (Å²) in [5, 5.41) is 0.711. The quantitative estimate of drug-likeness (QED) is 0.602. The summed E-state index contributed by atoms with van der Waals surface area (Å²) in [7, 11) is 1.67. The van der Waals surface area contributed by atoms with E-state index >= 15 is 0 Å². The van der Waals surface area contributed by atoms with Gasteiger partial charge in [0.15, 0.2) is 5.78 Å². The van der Waals surface area contributed by atoms with Crippen LogP contribution in [0.3, 0.4) is 0 Å². The lowest BCUT2D eigenvalue weighted by Crippen LogP contribution is -2.03. The molecule has 0 aliphatic rings. The SMILES string of the molecule is COCc1cc(C(=O)CCC(C)C)ccc1-c1ccc(Cl)cc1. The fraction of sp³-hybridized carbons (Fsp3) is 0.350. The van der Waals surface area contributed by atoms with E-state index in [1.165, 1.54) is 0 Å². The number of hydrogen-bond acceptors (Lipinski definition) is 2. The van der Waals surface area contributed by atoms with Gasteiger partial charge in [0, 0.05) is 24.1 Å². The van der Waals surface area contributed by atoms with Gasteiger partial charge in [-0.25, -0.2) is 0 Å². The fourth-order valence-electron chi connectivity index (χ4n) is 2.52. The molecule has 0 unspecified atom stereocenters. The zero-order chi connectivity index (χ0) is 16.8. The van der Waals surface area contributed by atoms with E-state index in [1.807, 2.05) is 42.5 Å². The van der Waals surface area contributed by atoms with Gasteiger partial charge in [-0.1, -0.05) is 49.7 Å². The number of carbonyl (C=O) groups excluding carboxylic acids is 1. The molecule has 0 aromatic heterocycles. The molecule has 0 radical (unpaired) electrons. The van der Waals surface area contributed by atoms with Crippen LogP contribution in [-0.4, -0.2) is 12.9 Å². The largest absolute Gasteiger partial charge is 0.380 e. The predicted octanol–water partition coefficient (Wildman–Crippen LogP) is 5.77. The fourth-order valence-corrected chi connectivity index (χ4v) is 2.64. The standard InChI is InChI=1S/C20H23ClO2/c1-14(2)4-11-20(22)16-7-10-19(17(12-16)13-23-3)15-5-8-18(21)9-6-15/h5-10,12,14H,4,11,13H2,1-3H3. The Kier molecular flexibility index (Phi) is 6.37. The number of benzene rings is 2. The minimum absolute atomic E-state index is 0.193. The lowest BCUT2D eigenvalue weighted by molar-refractivity contribution is 0.0975. The van der Waals surface area contributed by atoms with Crippen molar-refractivity contribution in [2.75, 3.05) is 7.11 Å². The van der Waals surface area contributed by atoms with E-state index in [0.717, 1.165) is 28.7 Å². The summed E-state index contributed by atoms with van der Waals surface area (Å²) in [5.74, 6) is 0.726. The minimum Gasteiger partial charge on any atom is -0.380 e. The lowest BCUT2D eigenvalue weighted by atomic mass is 9.94. The molecule has 0 atom stereocenters. The number of halogens is 1. The van der Waals surface area contributed by atoms with Gasteiger partial charge < -0.3 is 4.74 Å². The Balaban J connectivity index is 2.30. The van der Waals surface area contributed by atoms with Crippen molar-refractivity contribution >= 4 is 17.4 Å². The Hall–Kier alpha value is -1.64. The highest BCUT2D eigenvalue weighted by atomic mass is 35.5. The van der Waals surface area contributed by atoms with Crippen molar-refractivity contribution in [2.24, 2.45) is 5.92 Å². The molecule has 0 heterocycles. The normalized spacial score (nSPS) is 11.0. The van der Waals surface area contributed by atoms with Crippen LogP contribution < -0.4 is 0 Å². The van der Waals surface area contributed by atoms with E-state index in [9.17, 15) is 4.79 Å². The second-order valence-corrected chi connectivity index (χ2v) is 6.60. The smallest absolute Gasteiger partial charge is 0.162 e. The highest BCUT2D eigenvalue weighted by Crippen LogP contribution is 2.27. The van der Waals surface area contributed by atoms with Gasteiger partial charge in [0.2, 0.25) is 0 Å². The number of hydrogen-bond donors (Lipinski definition) is 0. The van der Waals surface area contributed by atoms with Crippen LogP contribution >= 0.6 is 11.6 Å². The Labute approximate surface area is 143 Å². The van der Waals surface area contributed by atoms with Gasteiger partial charge in [-0.05, 0) is 47.2 Å². The Bertz CT molecular complexity index is 660. The lowest BCUT2D eigenvalue weighted by Gasteiger charge is -2.12. The molecule has 2 rings (SSSR count). The average molecular weight is 331 g/mol. The Morgan fingerprint density at radius 3 is 2.43 bits per heavy atom. The van der Waals surface area contributed by atoms with Gasteiger partial charge in [0.1, 0.15) is 0 Å². The van der Waals surface area contributed by atoms with Crippen molar-refractivity contribution in [3.8, 4) is 11.1 Å². The first-order chi connectivity index (χ1) is 11.0. The average Bonchev–Trinajstić information content (AvgIpc) is 2.54. The first-order valence-corrected chi connectivity index (χ1v) is 8.30. The maximum atomic E-state index is 12.3. The van der Waals surface area contributed by atoms with E-state index in [1.54, 1.807) is 7.11 Å². The van der Waals surface area contributed by atoms with E-state index in [2.05, 4.69) is 13.8 Å². The Morgan fingerprint density at radius 2 is 1.83 bits per heavy atom. The van der Waals surface area contributed by atoms with Crippen LogP contribution in [0.1, 0.15) is 42.6 Å². The van der Waals surface area contributed by atoms with Gasteiger partial charge in [-0.15, -0.1) is 0 Å². The van der Waals surface area contributed by atoms with Crippen LogP contribution in [-0.2, 0) is 11.3 Å². The molecule has 2 nitrogen and oxygen atoms in total. The van der Waals surface area contributed by atoms with Crippen LogP contribution in [0.2, 0.25) is 5.02 Å². The third-order valence-corrected chi connectivity index (χ3v) is 4.08. The number of ether oxygens (including phenoxy) is 1. The summed E-state index contributed by atoms with van der Waals surface area (Å²) < 4.78 is 5.31. The molecule has 0 aliphatic carbocycles. The molecule has 0 fully saturated rings. The van der Waals surface area contributed by atoms with Gasteiger partial charge in [-0.2, -0.15) is 0 Å². The number of methoxy groups -OCH3 is 1. The summed E-state index contributed by atoms with van der Waals surface area (Å²) in [6, 6.07) is 13.6. The molecule has 2 aromatic carbocycles. The molecule has 23 heavy (non-hydrogen) atoms. The van der Waals surface area contributed by atoms with Crippen LogP contribution in [0.15, 0.2) is 42.5 Å². The van der Waals surface area contributed by atoms with E-state index in [-0.39, 0.29) is 5.78 Å². The summed E-state index contributed by atoms with van der Waals surface area (Å²) in [6.07, 6.45) is 1.50. The van der Waals surface area contributed by atoms with E-state index in [4.69, 9.17) is 16.3 Å². The number of Topliss-reactive ketones (excluding diaryl/α,β-unsaturated/α-hetero) is 1. The second-order valence-electron chi connectivity index (χ2n) is 6.17. The van der Waals surface area contributed by atoms with Crippen LogP contribution in [0.4, 0.5) is 0 Å². The van der Waals surface area contributed by atoms with Crippen molar-refractivity contribution in [1.82, 2.24) is 0 Å². The van der Waals surface area contributed by atoms with E-state index < -0.39 is 0 Å². The molecule has 0 aliphatic heterocycles. The van der Waals surface area contributed by atoms with Crippen LogP contribution in [0, 0.1) is 5.92 Å².